The quantitative estimate of drug-likeness (QED) is 0.705. The van der Waals surface area contributed by atoms with Crippen LogP contribution < -0.4 is 0 Å². The van der Waals surface area contributed by atoms with Gasteiger partial charge in [0.05, 0.1) is 0 Å². The second-order valence-corrected chi connectivity index (χ2v) is 3.36. The van der Waals surface area contributed by atoms with Gasteiger partial charge in [0.25, 0.3) is 0 Å². The molecule has 2 heteroatoms. The molecule has 0 aliphatic rings. The summed E-state index contributed by atoms with van der Waals surface area (Å²) >= 11 is 5.67. The number of halogens is 1. The Balaban J connectivity index is 3.10. The SMILES string of the molecule is CC(C)=Cc1ccc(Cl)cc1O. The van der Waals surface area contributed by atoms with Gasteiger partial charge in [-0.15, -0.1) is 0 Å². The van der Waals surface area contributed by atoms with Crippen LogP contribution in [0, 0.1) is 0 Å². The van der Waals surface area contributed by atoms with E-state index in [1.165, 1.54) is 6.07 Å². The van der Waals surface area contributed by atoms with Gasteiger partial charge in [-0.25, -0.2) is 0 Å². The molecule has 0 heterocycles. The third-order valence-corrected chi connectivity index (χ3v) is 1.67. The van der Waals surface area contributed by atoms with E-state index in [9.17, 15) is 5.11 Å². The summed E-state index contributed by atoms with van der Waals surface area (Å²) in [6.07, 6.45) is 1.91. The van der Waals surface area contributed by atoms with E-state index in [0.717, 1.165) is 11.1 Å². The molecule has 0 aliphatic carbocycles. The van der Waals surface area contributed by atoms with Crippen LogP contribution in [0.3, 0.4) is 0 Å². The monoisotopic (exact) mass is 182 g/mol. The van der Waals surface area contributed by atoms with Crippen molar-refractivity contribution in [3.63, 3.8) is 0 Å². The maximum atomic E-state index is 9.41. The zero-order valence-corrected chi connectivity index (χ0v) is 7.89. The zero-order chi connectivity index (χ0) is 9.14. The minimum Gasteiger partial charge on any atom is -0.507 e. The lowest BCUT2D eigenvalue weighted by molar-refractivity contribution is 0.474. The Hall–Kier alpha value is -0.950. The minimum absolute atomic E-state index is 0.226. The average molecular weight is 183 g/mol. The Morgan fingerprint density at radius 2 is 2.08 bits per heavy atom. The second-order valence-electron chi connectivity index (χ2n) is 2.92. The van der Waals surface area contributed by atoms with Crippen molar-refractivity contribution in [3.05, 3.63) is 34.4 Å². The molecular formula is C10H11ClO. The highest BCUT2D eigenvalue weighted by atomic mass is 35.5. The van der Waals surface area contributed by atoms with Gasteiger partial charge in [0, 0.05) is 10.6 Å². The Morgan fingerprint density at radius 3 is 2.58 bits per heavy atom. The summed E-state index contributed by atoms with van der Waals surface area (Å²) in [6, 6.07) is 5.09. The molecule has 0 radical (unpaired) electrons. The van der Waals surface area contributed by atoms with Crippen molar-refractivity contribution in [3.8, 4) is 5.75 Å². The smallest absolute Gasteiger partial charge is 0.124 e. The van der Waals surface area contributed by atoms with Crippen LogP contribution in [0.1, 0.15) is 19.4 Å². The largest absolute Gasteiger partial charge is 0.507 e. The third-order valence-electron chi connectivity index (χ3n) is 1.44. The molecule has 0 saturated carbocycles. The van der Waals surface area contributed by atoms with Crippen molar-refractivity contribution < 1.29 is 5.11 Å². The van der Waals surface area contributed by atoms with E-state index < -0.39 is 0 Å². The molecule has 0 unspecified atom stereocenters. The highest BCUT2D eigenvalue weighted by molar-refractivity contribution is 6.30. The zero-order valence-electron chi connectivity index (χ0n) is 7.13. The summed E-state index contributed by atoms with van der Waals surface area (Å²) in [4.78, 5) is 0. The van der Waals surface area contributed by atoms with Crippen LogP contribution in [0.5, 0.6) is 5.75 Å². The Morgan fingerprint density at radius 1 is 1.42 bits per heavy atom. The molecule has 0 aliphatic heterocycles. The Labute approximate surface area is 77.3 Å². The normalized spacial score (nSPS) is 9.58. The van der Waals surface area contributed by atoms with Crippen molar-refractivity contribution in [1.29, 1.82) is 0 Å². The van der Waals surface area contributed by atoms with Gasteiger partial charge in [0.2, 0.25) is 0 Å². The number of rotatable bonds is 1. The fraction of sp³-hybridized carbons (Fsp3) is 0.200. The lowest BCUT2D eigenvalue weighted by Crippen LogP contribution is -1.75. The standard InChI is InChI=1S/C10H11ClO/c1-7(2)5-8-3-4-9(11)6-10(8)12/h3-6,12H,1-2H3. The highest BCUT2D eigenvalue weighted by Crippen LogP contribution is 2.23. The molecule has 0 fully saturated rings. The molecule has 0 aromatic heterocycles. The highest BCUT2D eigenvalue weighted by Gasteiger charge is 1.97. The molecule has 1 aromatic carbocycles. The van der Waals surface area contributed by atoms with Gasteiger partial charge >= 0.3 is 0 Å². The summed E-state index contributed by atoms with van der Waals surface area (Å²) < 4.78 is 0. The van der Waals surface area contributed by atoms with Gasteiger partial charge in [-0.2, -0.15) is 0 Å². The van der Waals surface area contributed by atoms with E-state index >= 15 is 0 Å². The summed E-state index contributed by atoms with van der Waals surface area (Å²) in [7, 11) is 0. The van der Waals surface area contributed by atoms with E-state index in [2.05, 4.69) is 0 Å². The van der Waals surface area contributed by atoms with Gasteiger partial charge in [0.15, 0.2) is 0 Å². The van der Waals surface area contributed by atoms with Crippen molar-refractivity contribution >= 4 is 17.7 Å². The molecule has 0 spiro atoms. The predicted octanol–water partition coefficient (Wildman–Crippen LogP) is 3.47. The topological polar surface area (TPSA) is 20.2 Å². The molecule has 0 amide bonds. The van der Waals surface area contributed by atoms with E-state index in [4.69, 9.17) is 11.6 Å². The van der Waals surface area contributed by atoms with Crippen LogP contribution in [0.2, 0.25) is 5.02 Å². The van der Waals surface area contributed by atoms with E-state index in [-0.39, 0.29) is 5.75 Å². The summed E-state index contributed by atoms with van der Waals surface area (Å²) in [5.41, 5.74) is 1.95. The summed E-state index contributed by atoms with van der Waals surface area (Å²) in [5, 5.41) is 9.97. The van der Waals surface area contributed by atoms with Crippen LogP contribution in [0.4, 0.5) is 0 Å². The fourth-order valence-electron chi connectivity index (χ4n) is 0.950. The van der Waals surface area contributed by atoms with Gasteiger partial charge in [-0.05, 0) is 32.0 Å². The molecule has 0 bridgehead atoms. The first-order chi connectivity index (χ1) is 5.59. The van der Waals surface area contributed by atoms with Crippen LogP contribution in [-0.4, -0.2) is 5.11 Å². The van der Waals surface area contributed by atoms with Crippen LogP contribution >= 0.6 is 11.6 Å². The average Bonchev–Trinajstić information content (AvgIpc) is 1.94. The number of phenolic OH excluding ortho intramolecular Hbond substituents is 1. The lowest BCUT2D eigenvalue weighted by atomic mass is 10.1. The number of hydrogen-bond donors (Lipinski definition) is 1. The first-order valence-corrected chi connectivity index (χ1v) is 4.11. The number of phenols is 1. The molecule has 1 nitrogen and oxygen atoms in total. The summed E-state index contributed by atoms with van der Waals surface area (Å²) in [5.74, 6) is 0.226. The molecular weight excluding hydrogens is 172 g/mol. The second kappa shape index (κ2) is 3.63. The molecule has 1 rings (SSSR count). The predicted molar refractivity (Wildman–Crippen MR) is 52.4 cm³/mol. The van der Waals surface area contributed by atoms with Crippen molar-refractivity contribution in [1.82, 2.24) is 0 Å². The molecule has 1 N–H and O–H groups in total. The van der Waals surface area contributed by atoms with E-state index in [1.54, 1.807) is 12.1 Å². The fourth-order valence-corrected chi connectivity index (χ4v) is 1.12. The maximum absolute atomic E-state index is 9.41. The maximum Gasteiger partial charge on any atom is 0.124 e. The molecule has 12 heavy (non-hydrogen) atoms. The van der Waals surface area contributed by atoms with Gasteiger partial charge in [-0.3, -0.25) is 0 Å². The number of benzene rings is 1. The van der Waals surface area contributed by atoms with Gasteiger partial charge in [-0.1, -0.05) is 23.3 Å². The third kappa shape index (κ3) is 2.28. The van der Waals surface area contributed by atoms with Crippen LogP contribution in [0.25, 0.3) is 6.08 Å². The minimum atomic E-state index is 0.226. The number of aromatic hydroxyl groups is 1. The van der Waals surface area contributed by atoms with E-state index in [1.807, 2.05) is 19.9 Å². The molecule has 0 saturated heterocycles. The van der Waals surface area contributed by atoms with Crippen molar-refractivity contribution in [2.75, 3.05) is 0 Å². The number of hydrogen-bond acceptors (Lipinski definition) is 1. The first-order valence-electron chi connectivity index (χ1n) is 3.73. The van der Waals surface area contributed by atoms with Crippen molar-refractivity contribution in [2.24, 2.45) is 0 Å². The summed E-state index contributed by atoms with van der Waals surface area (Å²) in [6.45, 7) is 3.96. The lowest BCUT2D eigenvalue weighted by Gasteiger charge is -1.99. The van der Waals surface area contributed by atoms with Crippen LogP contribution in [0.15, 0.2) is 23.8 Å². The molecule has 1 aromatic rings. The van der Waals surface area contributed by atoms with Gasteiger partial charge < -0.3 is 5.11 Å². The molecule has 64 valence electrons. The van der Waals surface area contributed by atoms with E-state index in [0.29, 0.717) is 5.02 Å². The number of allylic oxidation sites excluding steroid dienone is 1. The van der Waals surface area contributed by atoms with Crippen LogP contribution in [-0.2, 0) is 0 Å². The first kappa shape index (κ1) is 9.14. The van der Waals surface area contributed by atoms with Gasteiger partial charge in [0.1, 0.15) is 5.75 Å². The van der Waals surface area contributed by atoms with Crippen molar-refractivity contribution in [2.45, 2.75) is 13.8 Å². The Bertz CT molecular complexity index is 312. The molecule has 0 atom stereocenters. The Kier molecular flexibility index (Phi) is 2.77.